The Labute approximate surface area is 179 Å². The minimum absolute atomic E-state index is 0.139. The van der Waals surface area contributed by atoms with Gasteiger partial charge in [-0.3, -0.25) is 9.69 Å². The average molecular weight is 425 g/mol. The first kappa shape index (κ1) is 19.7. The van der Waals surface area contributed by atoms with Crippen molar-refractivity contribution >= 4 is 23.6 Å². The lowest BCUT2D eigenvalue weighted by Gasteiger charge is -2.41. The van der Waals surface area contributed by atoms with E-state index in [2.05, 4.69) is 38.8 Å². The first-order chi connectivity index (χ1) is 15.0. The molecule has 164 valence electrons. The molecule has 0 aromatic carbocycles. The zero-order valence-corrected chi connectivity index (χ0v) is 17.8. The van der Waals surface area contributed by atoms with Gasteiger partial charge in [0.2, 0.25) is 23.6 Å². The van der Waals surface area contributed by atoms with Gasteiger partial charge < -0.3 is 20.0 Å². The van der Waals surface area contributed by atoms with Gasteiger partial charge >= 0.3 is 0 Å². The Kier molecular flexibility index (Phi) is 4.97. The number of carbonyl (C=O) groups is 1. The van der Waals surface area contributed by atoms with Crippen LogP contribution in [0.25, 0.3) is 17.4 Å². The summed E-state index contributed by atoms with van der Waals surface area (Å²) >= 11 is 0. The molecule has 5 heterocycles. The Morgan fingerprint density at radius 1 is 1.26 bits per heavy atom. The lowest BCUT2D eigenvalue weighted by molar-refractivity contribution is -0.136. The molecule has 0 aliphatic carbocycles. The monoisotopic (exact) mass is 425 g/mol. The van der Waals surface area contributed by atoms with Crippen molar-refractivity contribution in [1.82, 2.24) is 34.4 Å². The smallest absolute Gasteiger partial charge is 0.259 e. The Balaban J connectivity index is 1.42. The number of anilines is 2. The molecule has 0 bridgehead atoms. The van der Waals surface area contributed by atoms with Crippen molar-refractivity contribution in [2.24, 2.45) is 0 Å². The molecule has 11 heteroatoms. The largest absolute Gasteiger partial charge is 0.461 e. The predicted octanol–water partition coefficient (Wildman–Crippen LogP) is 0.883. The van der Waals surface area contributed by atoms with Gasteiger partial charge in [0.1, 0.15) is 6.04 Å². The van der Waals surface area contributed by atoms with Gasteiger partial charge in [0.25, 0.3) is 5.78 Å². The molecular formula is C20H27N9O2. The van der Waals surface area contributed by atoms with Crippen molar-refractivity contribution in [3.63, 3.8) is 0 Å². The molecule has 31 heavy (non-hydrogen) atoms. The first-order valence-electron chi connectivity index (χ1n) is 10.8. The zero-order chi connectivity index (χ0) is 21.5. The van der Waals surface area contributed by atoms with Crippen LogP contribution in [-0.4, -0.2) is 85.1 Å². The topological polar surface area (TPSA) is 122 Å². The molecule has 3 aromatic heterocycles. The number of hydrogen-bond donors (Lipinski definition) is 1. The van der Waals surface area contributed by atoms with Gasteiger partial charge in [0, 0.05) is 32.2 Å². The minimum Gasteiger partial charge on any atom is -0.461 e. The Bertz CT molecular complexity index is 1080. The number of aromatic nitrogens is 5. The zero-order valence-electron chi connectivity index (χ0n) is 17.8. The molecule has 1 amide bonds. The van der Waals surface area contributed by atoms with E-state index in [4.69, 9.17) is 10.2 Å². The standard InChI is InChI=1S/C20H27N9O2/c1-3-26-9-10-27(13(2)12-26)17(30)14-6-4-8-28(14)19-23-18(21)29-20(24-19)22-16(25-29)15-7-5-11-31-15/h5,7,11,13-14H,3-4,6,8-10,12H2,1-2H3,(H2,21,22,23,24,25)/t13-,14+/m1/s1. The molecule has 11 nitrogen and oxygen atoms in total. The summed E-state index contributed by atoms with van der Waals surface area (Å²) in [6, 6.07) is 3.44. The molecule has 3 aromatic rings. The van der Waals surface area contributed by atoms with Gasteiger partial charge in [0.15, 0.2) is 5.76 Å². The second-order valence-corrected chi connectivity index (χ2v) is 8.13. The maximum Gasteiger partial charge on any atom is 0.259 e. The highest BCUT2D eigenvalue weighted by atomic mass is 16.3. The molecule has 0 radical (unpaired) electrons. The van der Waals surface area contributed by atoms with Gasteiger partial charge in [0.05, 0.1) is 6.26 Å². The average Bonchev–Trinajstić information content (AvgIpc) is 3.52. The van der Waals surface area contributed by atoms with Gasteiger partial charge in [-0.1, -0.05) is 6.92 Å². The van der Waals surface area contributed by atoms with Gasteiger partial charge in [-0.05, 0) is 38.4 Å². The van der Waals surface area contributed by atoms with Crippen LogP contribution in [0.5, 0.6) is 0 Å². The van der Waals surface area contributed by atoms with Crippen molar-refractivity contribution < 1.29 is 9.21 Å². The maximum absolute atomic E-state index is 13.4. The van der Waals surface area contributed by atoms with Crippen molar-refractivity contribution in [1.29, 1.82) is 0 Å². The van der Waals surface area contributed by atoms with E-state index < -0.39 is 0 Å². The van der Waals surface area contributed by atoms with Crippen molar-refractivity contribution in [3.05, 3.63) is 18.4 Å². The number of nitrogen functional groups attached to an aromatic ring is 1. The van der Waals surface area contributed by atoms with Gasteiger partial charge in [-0.2, -0.15) is 19.5 Å². The Hall–Kier alpha value is -3.21. The van der Waals surface area contributed by atoms with Crippen LogP contribution in [0.2, 0.25) is 0 Å². The van der Waals surface area contributed by atoms with E-state index in [1.54, 1.807) is 18.4 Å². The summed E-state index contributed by atoms with van der Waals surface area (Å²) in [6.45, 7) is 8.54. The molecule has 2 atom stereocenters. The fourth-order valence-corrected chi connectivity index (χ4v) is 4.53. The summed E-state index contributed by atoms with van der Waals surface area (Å²) in [7, 11) is 0. The van der Waals surface area contributed by atoms with E-state index in [-0.39, 0.29) is 23.9 Å². The number of amides is 1. The van der Waals surface area contributed by atoms with Crippen LogP contribution in [0.1, 0.15) is 26.7 Å². The third-order valence-corrected chi connectivity index (χ3v) is 6.20. The number of nitrogens with zero attached hydrogens (tertiary/aromatic N) is 8. The van der Waals surface area contributed by atoms with Crippen LogP contribution in [0.3, 0.4) is 0 Å². The maximum atomic E-state index is 13.4. The summed E-state index contributed by atoms with van der Waals surface area (Å²) in [5, 5.41) is 4.34. The van der Waals surface area contributed by atoms with Gasteiger partial charge in [-0.15, -0.1) is 5.10 Å². The first-order valence-corrected chi connectivity index (χ1v) is 10.8. The van der Waals surface area contributed by atoms with E-state index >= 15 is 0 Å². The number of nitrogens with two attached hydrogens (primary N) is 1. The summed E-state index contributed by atoms with van der Waals surface area (Å²) in [5.41, 5.74) is 6.16. The normalized spacial score (nSPS) is 22.5. The number of hydrogen-bond acceptors (Lipinski definition) is 9. The summed E-state index contributed by atoms with van der Waals surface area (Å²) in [5.74, 6) is 1.98. The highest BCUT2D eigenvalue weighted by Gasteiger charge is 2.38. The predicted molar refractivity (Wildman–Crippen MR) is 114 cm³/mol. The molecule has 2 aliphatic rings. The SMILES string of the molecule is CCN1CCN(C(=O)[C@@H]2CCCN2c2nc(N)n3nc(-c4ccco4)nc3n2)[C@H](C)C1. The lowest BCUT2D eigenvalue weighted by atomic mass is 10.1. The number of piperazine rings is 1. The van der Waals surface area contributed by atoms with Crippen LogP contribution in [0.15, 0.2) is 22.8 Å². The highest BCUT2D eigenvalue weighted by Crippen LogP contribution is 2.27. The summed E-state index contributed by atoms with van der Waals surface area (Å²) in [4.78, 5) is 33.2. The number of carbonyl (C=O) groups excluding carboxylic acids is 1. The lowest BCUT2D eigenvalue weighted by Crippen LogP contribution is -2.57. The molecule has 0 saturated carbocycles. The molecule has 2 fully saturated rings. The molecule has 2 saturated heterocycles. The van der Waals surface area contributed by atoms with Crippen molar-refractivity contribution in [2.75, 3.05) is 43.4 Å². The Morgan fingerprint density at radius 3 is 2.87 bits per heavy atom. The van der Waals surface area contributed by atoms with Crippen LogP contribution in [0.4, 0.5) is 11.9 Å². The second kappa shape index (κ2) is 7.80. The van der Waals surface area contributed by atoms with Crippen molar-refractivity contribution in [3.8, 4) is 11.6 Å². The fraction of sp³-hybridized carbons (Fsp3) is 0.550. The minimum atomic E-state index is -0.287. The van der Waals surface area contributed by atoms with E-state index in [1.165, 1.54) is 4.52 Å². The van der Waals surface area contributed by atoms with Crippen LogP contribution < -0.4 is 10.6 Å². The Morgan fingerprint density at radius 2 is 2.13 bits per heavy atom. The van der Waals surface area contributed by atoms with E-state index in [9.17, 15) is 4.79 Å². The quantitative estimate of drug-likeness (QED) is 0.649. The highest BCUT2D eigenvalue weighted by molar-refractivity contribution is 5.86. The molecule has 5 rings (SSSR count). The van der Waals surface area contributed by atoms with Crippen LogP contribution >= 0.6 is 0 Å². The van der Waals surface area contributed by atoms with Crippen molar-refractivity contribution in [2.45, 2.75) is 38.8 Å². The third kappa shape index (κ3) is 3.48. The summed E-state index contributed by atoms with van der Waals surface area (Å²) in [6.07, 6.45) is 3.24. The van der Waals surface area contributed by atoms with Gasteiger partial charge in [-0.25, -0.2) is 0 Å². The molecular weight excluding hydrogens is 398 g/mol. The van der Waals surface area contributed by atoms with E-state index in [0.29, 0.717) is 29.9 Å². The second-order valence-electron chi connectivity index (χ2n) is 8.13. The van der Waals surface area contributed by atoms with E-state index in [0.717, 1.165) is 39.0 Å². The molecule has 2 N–H and O–H groups in total. The van der Waals surface area contributed by atoms with E-state index in [1.807, 2.05) is 9.80 Å². The number of furan rings is 1. The molecule has 0 spiro atoms. The molecule has 2 aliphatic heterocycles. The van der Waals surface area contributed by atoms with Crippen LogP contribution in [-0.2, 0) is 4.79 Å². The van der Waals surface area contributed by atoms with Crippen LogP contribution in [0, 0.1) is 0 Å². The number of rotatable bonds is 4. The number of likely N-dealkylation sites (N-methyl/N-ethyl adjacent to an activating group) is 1. The molecule has 0 unspecified atom stereocenters. The fourth-order valence-electron chi connectivity index (χ4n) is 4.53. The third-order valence-electron chi connectivity index (χ3n) is 6.20. The summed E-state index contributed by atoms with van der Waals surface area (Å²) < 4.78 is 6.76. The number of fused-ring (bicyclic) bond motifs is 1.